The number of para-hydroxylation sites is 2. The number of hydrogen-bond donors (Lipinski definition) is 4. The molecule has 1 aromatic heterocycles. The zero-order chi connectivity index (χ0) is 30.4. The first-order valence-corrected chi connectivity index (χ1v) is 15.3. The summed E-state index contributed by atoms with van der Waals surface area (Å²) in [6.07, 6.45) is 1.91. The van der Waals surface area contributed by atoms with Gasteiger partial charge in [-0.2, -0.15) is 11.3 Å². The number of thiophene rings is 1. The molecule has 1 aliphatic heterocycles. The Morgan fingerprint density at radius 3 is 2.47 bits per heavy atom. The highest BCUT2D eigenvalue weighted by atomic mass is 32.1. The molecule has 1 aliphatic rings. The average molecular weight is 610 g/mol. The van der Waals surface area contributed by atoms with Gasteiger partial charge in [0.15, 0.2) is 5.76 Å². The lowest BCUT2D eigenvalue weighted by atomic mass is 9.82. The summed E-state index contributed by atoms with van der Waals surface area (Å²) in [5, 5.41) is 18.6. The van der Waals surface area contributed by atoms with Crippen LogP contribution in [0.3, 0.4) is 0 Å². The van der Waals surface area contributed by atoms with E-state index in [1.165, 1.54) is 0 Å². The first-order valence-electron chi connectivity index (χ1n) is 14.3. The van der Waals surface area contributed by atoms with E-state index in [1.54, 1.807) is 59.9 Å². The molecule has 0 unspecified atom stereocenters. The molecule has 0 aliphatic carbocycles. The zero-order valence-corrected chi connectivity index (χ0v) is 25.0. The summed E-state index contributed by atoms with van der Waals surface area (Å²) >= 11 is 1.60. The minimum Gasteiger partial charge on any atom is -0.459 e. The van der Waals surface area contributed by atoms with E-state index in [4.69, 9.17) is 29.8 Å². The Hall–Kier alpha value is -3.74. The van der Waals surface area contributed by atoms with Gasteiger partial charge in [-0.3, -0.25) is 9.59 Å². The van der Waals surface area contributed by atoms with Crippen LogP contribution in [0.1, 0.15) is 40.7 Å². The van der Waals surface area contributed by atoms with Crippen molar-refractivity contribution in [1.29, 1.82) is 0 Å². The van der Waals surface area contributed by atoms with Gasteiger partial charge < -0.3 is 40.4 Å². The van der Waals surface area contributed by atoms with Crippen molar-refractivity contribution in [2.24, 2.45) is 5.92 Å². The number of ether oxygens (including phenoxy) is 4. The molecular formula is C32H39N3O7S. The number of aliphatic hydroxyl groups is 1. The number of benzene rings is 2. The molecule has 0 saturated carbocycles. The van der Waals surface area contributed by atoms with Gasteiger partial charge in [-0.1, -0.05) is 24.3 Å². The molecule has 5 N–H and O–H groups in total. The minimum absolute atomic E-state index is 0.0174. The van der Waals surface area contributed by atoms with Crippen molar-refractivity contribution in [3.8, 4) is 0 Å². The van der Waals surface area contributed by atoms with E-state index < -0.39 is 6.29 Å². The molecular weight excluding hydrogens is 570 g/mol. The van der Waals surface area contributed by atoms with Crippen molar-refractivity contribution in [3.05, 3.63) is 93.9 Å². The number of anilines is 2. The minimum atomic E-state index is -0.619. The second-order valence-corrected chi connectivity index (χ2v) is 10.7. The third kappa shape index (κ3) is 9.37. The summed E-state index contributed by atoms with van der Waals surface area (Å²) in [7, 11) is 0. The van der Waals surface area contributed by atoms with Crippen LogP contribution >= 0.6 is 11.3 Å². The lowest BCUT2D eigenvalue weighted by Gasteiger charge is -2.36. The first kappa shape index (κ1) is 32.2. The molecule has 2 heterocycles. The van der Waals surface area contributed by atoms with Crippen LogP contribution in [0.15, 0.2) is 77.2 Å². The summed E-state index contributed by atoms with van der Waals surface area (Å²) in [4.78, 5) is 25.9. The number of amides is 2. The normalized spacial score (nSPS) is 18.0. The fraction of sp³-hybridized carbons (Fsp3) is 0.375. The Morgan fingerprint density at radius 2 is 1.77 bits per heavy atom. The number of aliphatic hydroxyl groups excluding tert-OH is 1. The summed E-state index contributed by atoms with van der Waals surface area (Å²) < 4.78 is 23.1. The van der Waals surface area contributed by atoms with Gasteiger partial charge in [0, 0.05) is 37.2 Å². The number of carbonyl (C=O) groups is 2. The van der Waals surface area contributed by atoms with Crippen LogP contribution in [-0.4, -0.2) is 62.9 Å². The second kappa shape index (κ2) is 16.8. The van der Waals surface area contributed by atoms with Crippen LogP contribution in [0, 0.1) is 5.92 Å². The van der Waals surface area contributed by atoms with E-state index in [2.05, 4.69) is 22.1 Å². The zero-order valence-electron chi connectivity index (χ0n) is 24.2. The van der Waals surface area contributed by atoms with Gasteiger partial charge in [-0.05, 0) is 71.6 Å². The van der Waals surface area contributed by atoms with Gasteiger partial charge in [0.25, 0.3) is 11.8 Å². The van der Waals surface area contributed by atoms with Crippen LogP contribution < -0.4 is 16.4 Å². The van der Waals surface area contributed by atoms with Crippen LogP contribution in [0.2, 0.25) is 0 Å². The number of nitrogens with two attached hydrogens (primary N) is 1. The standard InChI is InChI=1S/C32H39N3O7S/c1-2-41-32-25(11-14-39-16-17-40-15-13-36)26(24-12-18-43-21-24)19-29(42-32)31(38)34-20-22-7-9-23(10-8-22)30(37)35-28-6-4-3-5-27(28)33/h3-10,12,18-19,21,25-26,32,36H,2,11,13-17,20,33H2,1H3,(H,34,38)(H,35,37)/t25-,26+,32+/m0/s1. The maximum absolute atomic E-state index is 13.2. The Kier molecular flexibility index (Phi) is 12.6. The molecule has 2 aromatic carbocycles. The monoisotopic (exact) mass is 609 g/mol. The van der Waals surface area contributed by atoms with Crippen LogP contribution in [0.25, 0.3) is 0 Å². The van der Waals surface area contributed by atoms with Crippen LogP contribution in [0.5, 0.6) is 0 Å². The van der Waals surface area contributed by atoms with Crippen LogP contribution in [-0.2, 0) is 30.3 Å². The molecule has 230 valence electrons. The molecule has 10 nitrogen and oxygen atoms in total. The predicted octanol–water partition coefficient (Wildman–Crippen LogP) is 4.29. The predicted molar refractivity (Wildman–Crippen MR) is 166 cm³/mol. The molecule has 4 rings (SSSR count). The highest BCUT2D eigenvalue weighted by Gasteiger charge is 2.38. The van der Waals surface area contributed by atoms with Gasteiger partial charge in [0.1, 0.15) is 0 Å². The van der Waals surface area contributed by atoms with Crippen molar-refractivity contribution in [3.63, 3.8) is 0 Å². The summed E-state index contributed by atoms with van der Waals surface area (Å²) in [6.45, 7) is 4.16. The molecule has 0 spiro atoms. The van der Waals surface area contributed by atoms with Gasteiger partial charge in [0.2, 0.25) is 6.29 Å². The van der Waals surface area contributed by atoms with Crippen molar-refractivity contribution >= 4 is 34.5 Å². The molecule has 0 fully saturated rings. The summed E-state index contributed by atoms with van der Waals surface area (Å²) in [5.74, 6) is -0.564. The lowest BCUT2D eigenvalue weighted by molar-refractivity contribution is -0.168. The lowest BCUT2D eigenvalue weighted by Crippen LogP contribution is -2.39. The molecule has 43 heavy (non-hydrogen) atoms. The van der Waals surface area contributed by atoms with Crippen molar-refractivity contribution in [2.45, 2.75) is 32.1 Å². The second-order valence-electron chi connectivity index (χ2n) is 9.88. The maximum Gasteiger partial charge on any atom is 0.286 e. The van der Waals surface area contributed by atoms with E-state index in [0.717, 1.165) is 11.1 Å². The van der Waals surface area contributed by atoms with Crippen LogP contribution in [0.4, 0.5) is 11.4 Å². The Bertz CT molecular complexity index is 1330. The fourth-order valence-corrected chi connectivity index (χ4v) is 5.44. The molecule has 3 aromatic rings. The van der Waals surface area contributed by atoms with Crippen molar-refractivity contribution in [2.75, 3.05) is 50.7 Å². The van der Waals surface area contributed by atoms with Crippen molar-refractivity contribution < 1.29 is 33.6 Å². The number of rotatable bonds is 16. The molecule has 0 saturated heterocycles. The van der Waals surface area contributed by atoms with Gasteiger partial charge in [-0.25, -0.2) is 0 Å². The van der Waals surface area contributed by atoms with E-state index in [0.29, 0.717) is 49.8 Å². The quantitative estimate of drug-likeness (QED) is 0.139. The van der Waals surface area contributed by atoms with Gasteiger partial charge >= 0.3 is 0 Å². The van der Waals surface area contributed by atoms with Gasteiger partial charge in [0.05, 0.1) is 37.8 Å². The van der Waals surface area contributed by atoms with E-state index in [1.807, 2.05) is 18.4 Å². The fourth-order valence-electron chi connectivity index (χ4n) is 4.74. The van der Waals surface area contributed by atoms with E-state index in [-0.39, 0.29) is 49.2 Å². The van der Waals surface area contributed by atoms with Crippen molar-refractivity contribution in [1.82, 2.24) is 5.32 Å². The number of hydrogen-bond acceptors (Lipinski definition) is 9. The molecule has 3 atom stereocenters. The molecule has 2 amide bonds. The smallest absolute Gasteiger partial charge is 0.286 e. The topological polar surface area (TPSA) is 141 Å². The molecule has 11 heteroatoms. The van der Waals surface area contributed by atoms with E-state index in [9.17, 15) is 9.59 Å². The average Bonchev–Trinajstić information content (AvgIpc) is 3.56. The molecule has 0 bridgehead atoms. The highest BCUT2D eigenvalue weighted by molar-refractivity contribution is 7.08. The highest BCUT2D eigenvalue weighted by Crippen LogP contribution is 2.39. The third-order valence-corrected chi connectivity index (χ3v) is 7.65. The number of carbonyl (C=O) groups excluding carboxylic acids is 2. The maximum atomic E-state index is 13.2. The third-order valence-electron chi connectivity index (χ3n) is 6.95. The van der Waals surface area contributed by atoms with Gasteiger partial charge in [-0.15, -0.1) is 0 Å². The Balaban J connectivity index is 1.37. The number of allylic oxidation sites excluding steroid dienone is 1. The Morgan fingerprint density at radius 1 is 1.00 bits per heavy atom. The Labute approximate surface area is 255 Å². The summed E-state index contributed by atoms with van der Waals surface area (Å²) in [5.41, 5.74) is 9.35. The largest absolute Gasteiger partial charge is 0.459 e. The molecule has 0 radical (unpaired) electrons. The first-order chi connectivity index (χ1) is 21.0. The van der Waals surface area contributed by atoms with E-state index >= 15 is 0 Å². The number of nitrogens with one attached hydrogen (secondary N) is 2. The number of nitrogen functional groups attached to an aromatic ring is 1. The summed E-state index contributed by atoms with van der Waals surface area (Å²) in [6, 6.07) is 16.1. The SMILES string of the molecule is CCO[C@@H]1OC(C(=O)NCc2ccc(C(=O)Nc3ccccc3N)cc2)=C[C@H](c2ccsc2)[C@@H]1CCOCCOCCO.